The molecule has 0 radical (unpaired) electrons. The molecule has 0 saturated heterocycles. The highest BCUT2D eigenvalue weighted by molar-refractivity contribution is 7.78. The fourth-order valence-electron chi connectivity index (χ4n) is 3.17. The Morgan fingerprint density at radius 2 is 1.65 bits per heavy atom. The Kier molecular flexibility index (Phi) is 7.76. The van der Waals surface area contributed by atoms with Gasteiger partial charge in [-0.25, -0.2) is 13.6 Å². The molecule has 0 bridgehead atoms. The number of benzene rings is 3. The number of aliphatic imine (C=N–C) groups is 1. The Bertz CT molecular complexity index is 1120. The molecular formula is C25H21F2NO2S. The van der Waals surface area contributed by atoms with Crippen LogP contribution in [0.3, 0.4) is 0 Å². The molecule has 0 aliphatic heterocycles. The van der Waals surface area contributed by atoms with E-state index >= 15 is 0 Å². The Labute approximate surface area is 185 Å². The molecule has 3 nitrogen and oxygen atoms in total. The third-order valence-electron chi connectivity index (χ3n) is 4.83. The van der Waals surface area contributed by atoms with Gasteiger partial charge in [-0.15, -0.1) is 0 Å². The van der Waals surface area contributed by atoms with Gasteiger partial charge in [0.25, 0.3) is 0 Å². The van der Waals surface area contributed by atoms with Gasteiger partial charge in [-0.3, -0.25) is 0 Å². The minimum atomic E-state index is -0.776. The summed E-state index contributed by atoms with van der Waals surface area (Å²) in [7, 11) is 0. The molecule has 0 heterocycles. The van der Waals surface area contributed by atoms with E-state index < -0.39 is 17.6 Å². The van der Waals surface area contributed by atoms with Crippen molar-refractivity contribution in [2.24, 2.45) is 4.99 Å². The van der Waals surface area contributed by atoms with Crippen molar-refractivity contribution >= 4 is 29.0 Å². The second-order valence-corrected chi connectivity index (χ2v) is 7.26. The molecule has 0 atom stereocenters. The summed E-state index contributed by atoms with van der Waals surface area (Å²) >= 11 is 4.44. The summed E-state index contributed by atoms with van der Waals surface area (Å²) in [4.78, 5) is 15.9. The number of hydrogen-bond donors (Lipinski definition) is 0. The molecule has 3 aromatic carbocycles. The largest absolute Gasteiger partial charge is 0.423 e. The van der Waals surface area contributed by atoms with E-state index in [9.17, 15) is 13.6 Å². The lowest BCUT2D eigenvalue weighted by Crippen LogP contribution is -2.09. The summed E-state index contributed by atoms with van der Waals surface area (Å²) in [5.74, 6) is -1.97. The fourth-order valence-corrected chi connectivity index (χ4v) is 3.27. The molecule has 3 aromatic rings. The summed E-state index contributed by atoms with van der Waals surface area (Å²) in [5.41, 5.74) is 2.98. The van der Waals surface area contributed by atoms with Gasteiger partial charge in [0.05, 0.1) is 10.7 Å². The molecule has 0 aliphatic rings. The second-order valence-electron chi connectivity index (χ2n) is 7.08. The summed E-state index contributed by atoms with van der Waals surface area (Å²) in [5, 5.41) is 2.07. The summed E-state index contributed by atoms with van der Waals surface area (Å²) in [6.07, 6.45) is 3.36. The van der Waals surface area contributed by atoms with E-state index in [1.807, 2.05) is 0 Å². The Balaban J connectivity index is 1.63. The van der Waals surface area contributed by atoms with Crippen LogP contribution in [0.5, 0.6) is 5.75 Å². The minimum Gasteiger partial charge on any atom is -0.423 e. The molecule has 0 aliphatic carbocycles. The van der Waals surface area contributed by atoms with Crippen molar-refractivity contribution in [1.82, 2.24) is 0 Å². The van der Waals surface area contributed by atoms with Crippen LogP contribution in [0.25, 0.3) is 0 Å². The van der Waals surface area contributed by atoms with Gasteiger partial charge in [-0.1, -0.05) is 43.7 Å². The number of halogens is 2. The Morgan fingerprint density at radius 1 is 0.935 bits per heavy atom. The van der Waals surface area contributed by atoms with Crippen LogP contribution >= 0.6 is 12.2 Å². The third kappa shape index (κ3) is 6.14. The van der Waals surface area contributed by atoms with Crippen LogP contribution in [0, 0.1) is 11.6 Å². The summed E-state index contributed by atoms with van der Waals surface area (Å²) in [6.45, 7) is 2.14. The van der Waals surface area contributed by atoms with Crippen molar-refractivity contribution in [3.63, 3.8) is 0 Å². The monoisotopic (exact) mass is 437 g/mol. The molecule has 6 heteroatoms. The lowest BCUT2D eigenvalue weighted by atomic mass is 10.0. The molecule has 0 spiro atoms. The normalized spacial score (nSPS) is 10.4. The van der Waals surface area contributed by atoms with E-state index in [-0.39, 0.29) is 17.0 Å². The predicted molar refractivity (Wildman–Crippen MR) is 120 cm³/mol. The highest BCUT2D eigenvalue weighted by atomic mass is 32.1. The molecule has 158 valence electrons. The number of esters is 1. The van der Waals surface area contributed by atoms with Gasteiger partial charge in [0.2, 0.25) is 0 Å². The van der Waals surface area contributed by atoms with Crippen molar-refractivity contribution in [3.8, 4) is 5.75 Å². The summed E-state index contributed by atoms with van der Waals surface area (Å²) in [6, 6.07) is 16.3. The molecule has 0 fully saturated rings. The first-order valence-corrected chi connectivity index (χ1v) is 10.4. The quantitative estimate of drug-likeness (QED) is 0.171. The maximum atomic E-state index is 14.5. The number of carbonyl (C=O) groups excluding carboxylic acids is 1. The molecule has 0 aromatic heterocycles. The standard InChI is InChI=1S/C25H21F2NO2S/c1-2-3-17-4-6-18(7-5-17)8-9-19-10-11-20(14-22(19)26)25(29)30-21-12-13-24(28-16-31)23(27)15-21/h4-7,10-15H,2-3,8-9H2,1H3. The van der Waals surface area contributed by atoms with Crippen LogP contribution in [-0.4, -0.2) is 11.1 Å². The van der Waals surface area contributed by atoms with Crippen LogP contribution in [0.15, 0.2) is 65.7 Å². The predicted octanol–water partition coefficient (Wildman–Crippen LogP) is 6.66. The molecular weight excluding hydrogens is 416 g/mol. The first-order valence-electron chi connectivity index (χ1n) is 9.96. The van der Waals surface area contributed by atoms with Crippen LogP contribution in [0.4, 0.5) is 14.5 Å². The first-order chi connectivity index (χ1) is 15.0. The number of aryl methyl sites for hydroxylation is 3. The van der Waals surface area contributed by atoms with Crippen molar-refractivity contribution in [3.05, 3.63) is 94.6 Å². The summed E-state index contributed by atoms with van der Waals surface area (Å²) < 4.78 is 33.5. The van der Waals surface area contributed by atoms with E-state index in [1.54, 1.807) is 6.07 Å². The zero-order valence-corrected chi connectivity index (χ0v) is 17.8. The SMILES string of the molecule is CCCc1ccc(CCc2ccc(C(=O)Oc3ccc(N=C=S)c(F)c3)cc2F)cc1. The highest BCUT2D eigenvalue weighted by Gasteiger charge is 2.13. The third-order valence-corrected chi connectivity index (χ3v) is 4.92. The number of rotatable bonds is 8. The molecule has 0 saturated carbocycles. The van der Waals surface area contributed by atoms with Crippen LogP contribution in [0.1, 0.15) is 40.4 Å². The maximum absolute atomic E-state index is 14.5. The number of ether oxygens (including phenoxy) is 1. The second kappa shape index (κ2) is 10.7. The van der Waals surface area contributed by atoms with Gasteiger partial charge in [-0.05, 0) is 72.4 Å². The van der Waals surface area contributed by atoms with E-state index in [0.717, 1.165) is 30.5 Å². The number of thiocarbonyl (C=S) groups is 1. The number of hydrogen-bond acceptors (Lipinski definition) is 4. The zero-order valence-electron chi connectivity index (χ0n) is 17.0. The van der Waals surface area contributed by atoms with E-state index in [0.29, 0.717) is 18.4 Å². The van der Waals surface area contributed by atoms with E-state index in [2.05, 4.69) is 53.6 Å². The first kappa shape index (κ1) is 22.5. The number of nitrogens with zero attached hydrogens (tertiary/aromatic N) is 1. The molecule has 0 unspecified atom stereocenters. The molecule has 31 heavy (non-hydrogen) atoms. The van der Waals surface area contributed by atoms with E-state index in [1.165, 1.54) is 23.8 Å². The smallest absolute Gasteiger partial charge is 0.343 e. The van der Waals surface area contributed by atoms with Crippen molar-refractivity contribution in [2.45, 2.75) is 32.6 Å². The van der Waals surface area contributed by atoms with Crippen LogP contribution in [-0.2, 0) is 19.3 Å². The van der Waals surface area contributed by atoms with Gasteiger partial charge in [0.15, 0.2) is 5.82 Å². The Hall–Kier alpha value is -3.21. The average Bonchev–Trinajstić information content (AvgIpc) is 2.76. The zero-order chi connectivity index (χ0) is 22.2. The number of isothiocyanates is 1. The lowest BCUT2D eigenvalue weighted by Gasteiger charge is -2.08. The van der Waals surface area contributed by atoms with Gasteiger partial charge in [0, 0.05) is 6.07 Å². The van der Waals surface area contributed by atoms with E-state index in [4.69, 9.17) is 4.74 Å². The van der Waals surface area contributed by atoms with Crippen molar-refractivity contribution in [1.29, 1.82) is 0 Å². The lowest BCUT2D eigenvalue weighted by molar-refractivity contribution is 0.0734. The van der Waals surface area contributed by atoms with Gasteiger partial charge < -0.3 is 4.74 Å². The topological polar surface area (TPSA) is 38.7 Å². The fraction of sp³-hybridized carbons (Fsp3) is 0.200. The van der Waals surface area contributed by atoms with Gasteiger partial charge in [0.1, 0.15) is 17.3 Å². The Morgan fingerprint density at radius 3 is 2.26 bits per heavy atom. The molecule has 0 N–H and O–H groups in total. The average molecular weight is 438 g/mol. The molecule has 0 amide bonds. The van der Waals surface area contributed by atoms with Crippen LogP contribution < -0.4 is 4.74 Å². The minimum absolute atomic E-state index is 0.00907. The highest BCUT2D eigenvalue weighted by Crippen LogP contribution is 2.24. The van der Waals surface area contributed by atoms with Crippen molar-refractivity contribution in [2.75, 3.05) is 0 Å². The van der Waals surface area contributed by atoms with Gasteiger partial charge in [-0.2, -0.15) is 4.99 Å². The molecule has 3 rings (SSSR count). The van der Waals surface area contributed by atoms with Crippen molar-refractivity contribution < 1.29 is 18.3 Å². The maximum Gasteiger partial charge on any atom is 0.343 e. The number of carbonyl (C=O) groups is 1. The van der Waals surface area contributed by atoms with Crippen LogP contribution in [0.2, 0.25) is 0 Å². The van der Waals surface area contributed by atoms with Gasteiger partial charge >= 0.3 is 5.97 Å².